The molecule has 0 bridgehead atoms. The quantitative estimate of drug-likeness (QED) is 0.178. The highest BCUT2D eigenvalue weighted by Gasteiger charge is 2.24. The topological polar surface area (TPSA) is 140 Å². The molecule has 0 radical (unpaired) electrons. The molecule has 1 heterocycles. The summed E-state index contributed by atoms with van der Waals surface area (Å²) in [5.41, 5.74) is 22.6. The molecular weight excluding hydrogens is 512 g/mol. The van der Waals surface area contributed by atoms with E-state index in [0.29, 0.717) is 45.4 Å². The standard InChI is InChI=1S/C33H40N6O2/c34-16-18-39(19-17-35)28-13-10-25(11-14-28)21-29(36)33(41)38-31(15-12-24-6-2-1-3-7-24)32(40)22-26-20-27-8-4-5-9-30(27)37-23-26/h1-11,13-14,20,23,29,31H,12,15-19,21-22,34-36H2,(H,38,41)/t29-,31-/m0/s1. The van der Waals surface area contributed by atoms with Crippen molar-refractivity contribution in [3.63, 3.8) is 0 Å². The van der Waals surface area contributed by atoms with Crippen LogP contribution in [-0.4, -0.2) is 54.9 Å². The average molecular weight is 553 g/mol. The summed E-state index contributed by atoms with van der Waals surface area (Å²) < 4.78 is 0. The Morgan fingerprint density at radius 1 is 0.829 bits per heavy atom. The first-order valence-corrected chi connectivity index (χ1v) is 14.2. The van der Waals surface area contributed by atoms with Gasteiger partial charge in [-0.3, -0.25) is 14.6 Å². The van der Waals surface area contributed by atoms with Crippen molar-refractivity contribution in [2.75, 3.05) is 31.1 Å². The molecule has 8 heteroatoms. The lowest BCUT2D eigenvalue weighted by atomic mass is 9.97. The molecule has 4 aromatic rings. The fourth-order valence-corrected chi connectivity index (χ4v) is 4.96. The van der Waals surface area contributed by atoms with E-state index in [2.05, 4.69) is 15.2 Å². The lowest BCUT2D eigenvalue weighted by molar-refractivity contribution is -0.128. The van der Waals surface area contributed by atoms with Crippen LogP contribution in [0.2, 0.25) is 0 Å². The Kier molecular flexibility index (Phi) is 11.0. The lowest BCUT2D eigenvalue weighted by Crippen LogP contribution is -2.49. The third-order valence-corrected chi connectivity index (χ3v) is 7.19. The van der Waals surface area contributed by atoms with Crippen molar-refractivity contribution in [2.45, 2.75) is 37.8 Å². The predicted octanol–water partition coefficient (Wildman–Crippen LogP) is 2.76. The van der Waals surface area contributed by atoms with Crippen LogP contribution in [-0.2, 0) is 28.9 Å². The van der Waals surface area contributed by atoms with Crippen molar-refractivity contribution in [1.29, 1.82) is 0 Å². The van der Waals surface area contributed by atoms with E-state index in [1.54, 1.807) is 6.20 Å². The van der Waals surface area contributed by atoms with Crippen molar-refractivity contribution in [1.82, 2.24) is 10.3 Å². The molecule has 0 spiro atoms. The van der Waals surface area contributed by atoms with Crippen LogP contribution in [0.1, 0.15) is 23.1 Å². The number of hydrogen-bond donors (Lipinski definition) is 4. The number of amides is 1. The van der Waals surface area contributed by atoms with Crippen LogP contribution < -0.4 is 27.4 Å². The summed E-state index contributed by atoms with van der Waals surface area (Å²) >= 11 is 0. The molecular formula is C33H40N6O2. The molecule has 0 saturated carbocycles. The number of anilines is 1. The molecule has 0 unspecified atom stereocenters. The second-order valence-corrected chi connectivity index (χ2v) is 10.3. The van der Waals surface area contributed by atoms with Crippen LogP contribution in [0.25, 0.3) is 10.9 Å². The van der Waals surface area contributed by atoms with Gasteiger partial charge in [-0.25, -0.2) is 0 Å². The zero-order valence-corrected chi connectivity index (χ0v) is 23.4. The van der Waals surface area contributed by atoms with Gasteiger partial charge in [-0.1, -0.05) is 60.7 Å². The Balaban J connectivity index is 1.42. The van der Waals surface area contributed by atoms with Crippen LogP contribution in [0.15, 0.2) is 91.1 Å². The first-order chi connectivity index (χ1) is 20.0. The van der Waals surface area contributed by atoms with E-state index >= 15 is 0 Å². The minimum Gasteiger partial charge on any atom is -0.369 e. The van der Waals surface area contributed by atoms with Crippen molar-refractivity contribution in [3.05, 3.63) is 108 Å². The molecule has 0 aliphatic heterocycles. The molecule has 0 aliphatic carbocycles. The number of hydrogen-bond acceptors (Lipinski definition) is 7. The number of nitrogens with zero attached hydrogens (tertiary/aromatic N) is 2. The predicted molar refractivity (Wildman–Crippen MR) is 166 cm³/mol. The number of rotatable bonds is 15. The Hall–Kier alpha value is -4.11. The van der Waals surface area contributed by atoms with Gasteiger partial charge in [0.1, 0.15) is 0 Å². The molecule has 4 rings (SSSR count). The number of nitrogens with two attached hydrogens (primary N) is 3. The number of pyridine rings is 1. The molecule has 1 amide bonds. The Morgan fingerprint density at radius 2 is 1.51 bits per heavy atom. The first-order valence-electron chi connectivity index (χ1n) is 14.2. The van der Waals surface area contributed by atoms with Gasteiger partial charge in [0.2, 0.25) is 5.91 Å². The monoisotopic (exact) mass is 552 g/mol. The fraction of sp³-hybridized carbons (Fsp3) is 0.303. The highest BCUT2D eigenvalue weighted by atomic mass is 16.2. The summed E-state index contributed by atoms with van der Waals surface area (Å²) in [5, 5.41) is 3.93. The maximum absolute atomic E-state index is 13.5. The van der Waals surface area contributed by atoms with E-state index in [9.17, 15) is 9.59 Å². The van der Waals surface area contributed by atoms with E-state index in [1.165, 1.54) is 0 Å². The van der Waals surface area contributed by atoms with Crippen LogP contribution in [0.5, 0.6) is 0 Å². The summed E-state index contributed by atoms with van der Waals surface area (Å²) in [7, 11) is 0. The van der Waals surface area contributed by atoms with Gasteiger partial charge < -0.3 is 27.4 Å². The fourth-order valence-electron chi connectivity index (χ4n) is 4.96. The molecule has 0 saturated heterocycles. The number of aryl methyl sites for hydroxylation is 1. The van der Waals surface area contributed by atoms with Gasteiger partial charge in [-0.2, -0.15) is 0 Å². The van der Waals surface area contributed by atoms with Gasteiger partial charge in [-0.05, 0) is 60.2 Å². The lowest BCUT2D eigenvalue weighted by Gasteiger charge is -2.24. The molecule has 3 aromatic carbocycles. The normalized spacial score (nSPS) is 12.6. The van der Waals surface area contributed by atoms with E-state index in [4.69, 9.17) is 17.2 Å². The Morgan fingerprint density at radius 3 is 2.22 bits per heavy atom. The number of carbonyl (C=O) groups excluding carboxylic acids is 2. The molecule has 41 heavy (non-hydrogen) atoms. The second-order valence-electron chi connectivity index (χ2n) is 10.3. The first kappa shape index (κ1) is 29.9. The van der Waals surface area contributed by atoms with Gasteiger partial charge in [0.25, 0.3) is 0 Å². The molecule has 2 atom stereocenters. The van der Waals surface area contributed by atoms with Gasteiger partial charge in [0, 0.05) is 49.9 Å². The summed E-state index contributed by atoms with van der Waals surface area (Å²) in [6.45, 7) is 2.50. The molecule has 0 fully saturated rings. The average Bonchev–Trinajstić information content (AvgIpc) is 2.99. The maximum atomic E-state index is 13.5. The smallest absolute Gasteiger partial charge is 0.237 e. The zero-order chi connectivity index (χ0) is 29.0. The van der Waals surface area contributed by atoms with Gasteiger partial charge >= 0.3 is 0 Å². The summed E-state index contributed by atoms with van der Waals surface area (Å²) in [6, 6.07) is 26.2. The van der Waals surface area contributed by atoms with Crippen molar-refractivity contribution >= 4 is 28.3 Å². The van der Waals surface area contributed by atoms with Crippen molar-refractivity contribution in [2.24, 2.45) is 17.2 Å². The number of carbonyl (C=O) groups is 2. The second kappa shape index (κ2) is 15.0. The minimum atomic E-state index is -0.792. The Labute approximate surface area is 241 Å². The van der Waals surface area contributed by atoms with E-state index in [1.807, 2.05) is 84.9 Å². The maximum Gasteiger partial charge on any atom is 0.237 e. The van der Waals surface area contributed by atoms with Crippen LogP contribution in [0.4, 0.5) is 5.69 Å². The third kappa shape index (κ3) is 8.69. The van der Waals surface area contributed by atoms with Crippen molar-refractivity contribution in [3.8, 4) is 0 Å². The highest BCUT2D eigenvalue weighted by Crippen LogP contribution is 2.17. The summed E-state index contributed by atoms with van der Waals surface area (Å²) in [4.78, 5) is 33.3. The molecule has 7 N–H and O–H groups in total. The molecule has 214 valence electrons. The number of Topliss-reactive ketones (excluding diaryl/α,β-unsaturated/α-hetero) is 1. The minimum absolute atomic E-state index is 0.0668. The summed E-state index contributed by atoms with van der Waals surface area (Å²) in [5.74, 6) is -0.409. The Bertz CT molecular complexity index is 1400. The number of fused-ring (bicyclic) bond motifs is 1. The number of ketones is 1. The third-order valence-electron chi connectivity index (χ3n) is 7.19. The van der Waals surface area contributed by atoms with Gasteiger partial charge in [-0.15, -0.1) is 0 Å². The number of benzene rings is 3. The van der Waals surface area contributed by atoms with Gasteiger partial charge in [0.05, 0.1) is 17.6 Å². The SMILES string of the molecule is NCCN(CCN)c1ccc(C[C@H](N)C(=O)N[C@@H](CCc2ccccc2)C(=O)Cc2cnc3ccccc3c2)cc1. The number of para-hydroxylation sites is 1. The van der Waals surface area contributed by atoms with Crippen LogP contribution in [0.3, 0.4) is 0 Å². The molecule has 1 aromatic heterocycles. The highest BCUT2D eigenvalue weighted by molar-refractivity contribution is 5.92. The number of aromatic nitrogens is 1. The van der Waals surface area contributed by atoms with Crippen LogP contribution in [0, 0.1) is 0 Å². The van der Waals surface area contributed by atoms with E-state index in [0.717, 1.165) is 33.3 Å². The zero-order valence-electron chi connectivity index (χ0n) is 23.4. The van der Waals surface area contributed by atoms with Crippen LogP contribution >= 0.6 is 0 Å². The van der Waals surface area contributed by atoms with Gasteiger partial charge in [0.15, 0.2) is 5.78 Å². The number of nitrogens with one attached hydrogen (secondary N) is 1. The molecule has 8 nitrogen and oxygen atoms in total. The molecule has 0 aliphatic rings. The van der Waals surface area contributed by atoms with E-state index < -0.39 is 12.1 Å². The van der Waals surface area contributed by atoms with E-state index in [-0.39, 0.29) is 18.1 Å². The summed E-state index contributed by atoms with van der Waals surface area (Å²) in [6.07, 6.45) is 3.40. The largest absolute Gasteiger partial charge is 0.369 e. The van der Waals surface area contributed by atoms with Crippen molar-refractivity contribution < 1.29 is 9.59 Å².